The minimum absolute atomic E-state index is 0.220. The minimum Gasteiger partial charge on any atom is -0.389 e. The van der Waals surface area contributed by atoms with Gasteiger partial charge in [-0.2, -0.15) is 0 Å². The fourth-order valence-electron chi connectivity index (χ4n) is 1.55. The first kappa shape index (κ1) is 15.6. The van der Waals surface area contributed by atoms with Crippen molar-refractivity contribution in [2.45, 2.75) is 37.2 Å². The van der Waals surface area contributed by atoms with Crippen LogP contribution in [-0.4, -0.2) is 35.6 Å². The first-order chi connectivity index (χ1) is 8.68. The Morgan fingerprint density at radius 1 is 1.42 bits per heavy atom. The number of aromatic amines is 2. The second-order valence-electron chi connectivity index (χ2n) is 4.51. The van der Waals surface area contributed by atoms with E-state index in [0.717, 1.165) is 6.20 Å². The molecule has 0 amide bonds. The van der Waals surface area contributed by atoms with Gasteiger partial charge in [0.25, 0.3) is 5.56 Å². The van der Waals surface area contributed by atoms with E-state index in [0.29, 0.717) is 12.8 Å². The number of nitrogens with one attached hydrogen (secondary N) is 3. The maximum atomic E-state index is 11.9. The largest absolute Gasteiger partial charge is 0.389 e. The van der Waals surface area contributed by atoms with Crippen LogP contribution in [0.1, 0.15) is 26.7 Å². The molecule has 1 unspecified atom stereocenters. The first-order valence-electron chi connectivity index (χ1n) is 5.72. The number of rotatable bonds is 6. The molecular formula is C10H17N3O5S. The smallest absolute Gasteiger partial charge is 0.325 e. The number of hydrogen-bond donors (Lipinski definition) is 4. The third-order valence-corrected chi connectivity index (χ3v) is 3.91. The highest BCUT2D eigenvalue weighted by atomic mass is 32.2. The first-order valence-corrected chi connectivity index (χ1v) is 7.20. The Kier molecular flexibility index (Phi) is 4.66. The summed E-state index contributed by atoms with van der Waals surface area (Å²) in [7, 11) is -4.08. The van der Waals surface area contributed by atoms with Crippen LogP contribution in [0.5, 0.6) is 0 Å². The van der Waals surface area contributed by atoms with E-state index in [-0.39, 0.29) is 6.54 Å². The highest BCUT2D eigenvalue weighted by Crippen LogP contribution is 2.11. The topological polar surface area (TPSA) is 132 Å². The summed E-state index contributed by atoms with van der Waals surface area (Å²) in [6, 6.07) is 0. The van der Waals surface area contributed by atoms with Crippen molar-refractivity contribution in [3.05, 3.63) is 27.0 Å². The van der Waals surface area contributed by atoms with Gasteiger partial charge in [0.15, 0.2) is 4.90 Å². The van der Waals surface area contributed by atoms with E-state index in [4.69, 9.17) is 0 Å². The van der Waals surface area contributed by atoms with E-state index >= 15 is 0 Å². The van der Waals surface area contributed by atoms with Crippen LogP contribution in [-0.2, 0) is 10.0 Å². The molecule has 1 atom stereocenters. The molecule has 0 spiro atoms. The van der Waals surface area contributed by atoms with Gasteiger partial charge in [0, 0.05) is 12.7 Å². The van der Waals surface area contributed by atoms with E-state index in [9.17, 15) is 23.1 Å². The Bertz CT molecular complexity index is 644. The second kappa shape index (κ2) is 5.68. The van der Waals surface area contributed by atoms with Crippen molar-refractivity contribution in [1.82, 2.24) is 14.7 Å². The van der Waals surface area contributed by atoms with Gasteiger partial charge in [0.2, 0.25) is 10.0 Å². The van der Waals surface area contributed by atoms with E-state index in [1.165, 1.54) is 6.92 Å². The molecule has 0 fully saturated rings. The van der Waals surface area contributed by atoms with E-state index in [1.54, 1.807) is 0 Å². The average molecular weight is 291 g/mol. The standard InChI is InChI=1S/C10H17N3O5S/c1-3-4-10(2,16)6-12-19(17,18)7-5-11-9(15)13-8(7)14/h5,12,16H,3-4,6H2,1-2H3,(H2,11,13,14,15). The van der Waals surface area contributed by atoms with Crippen molar-refractivity contribution in [3.63, 3.8) is 0 Å². The lowest BCUT2D eigenvalue weighted by Crippen LogP contribution is -2.42. The quantitative estimate of drug-likeness (QED) is 0.528. The van der Waals surface area contributed by atoms with Gasteiger partial charge >= 0.3 is 5.69 Å². The molecule has 0 aromatic carbocycles. The molecule has 108 valence electrons. The summed E-state index contributed by atoms with van der Waals surface area (Å²) < 4.78 is 25.8. The molecule has 0 aliphatic carbocycles. The fraction of sp³-hybridized carbons (Fsp3) is 0.600. The van der Waals surface area contributed by atoms with Gasteiger partial charge in [-0.15, -0.1) is 0 Å². The van der Waals surface area contributed by atoms with Crippen LogP contribution < -0.4 is 16.0 Å². The van der Waals surface area contributed by atoms with Crippen LogP contribution >= 0.6 is 0 Å². The predicted molar refractivity (Wildman–Crippen MR) is 68.4 cm³/mol. The Labute approximate surface area is 109 Å². The lowest BCUT2D eigenvalue weighted by Gasteiger charge is -2.22. The molecule has 0 aliphatic rings. The number of hydrogen-bond acceptors (Lipinski definition) is 5. The summed E-state index contributed by atoms with van der Waals surface area (Å²) in [6.45, 7) is 3.13. The Hall–Kier alpha value is -1.45. The van der Waals surface area contributed by atoms with Gasteiger partial charge in [-0.1, -0.05) is 13.3 Å². The van der Waals surface area contributed by atoms with Crippen LogP contribution in [0.25, 0.3) is 0 Å². The zero-order valence-electron chi connectivity index (χ0n) is 10.7. The zero-order valence-corrected chi connectivity index (χ0v) is 11.5. The molecule has 8 nitrogen and oxygen atoms in total. The molecule has 1 aromatic rings. The van der Waals surface area contributed by atoms with Crippen LogP contribution in [0.15, 0.2) is 20.7 Å². The van der Waals surface area contributed by atoms with E-state index in [2.05, 4.69) is 9.71 Å². The lowest BCUT2D eigenvalue weighted by molar-refractivity contribution is 0.0554. The number of H-pyrrole nitrogens is 2. The van der Waals surface area contributed by atoms with E-state index < -0.39 is 31.8 Å². The Balaban J connectivity index is 2.94. The minimum atomic E-state index is -4.08. The molecule has 0 bridgehead atoms. The van der Waals surface area contributed by atoms with Crippen molar-refractivity contribution in [1.29, 1.82) is 0 Å². The Morgan fingerprint density at radius 3 is 2.58 bits per heavy atom. The van der Waals surface area contributed by atoms with Crippen molar-refractivity contribution < 1.29 is 13.5 Å². The van der Waals surface area contributed by atoms with Gasteiger partial charge in [0.05, 0.1) is 5.60 Å². The highest BCUT2D eigenvalue weighted by Gasteiger charge is 2.25. The normalized spacial score (nSPS) is 15.1. The van der Waals surface area contributed by atoms with Crippen LogP contribution in [0.2, 0.25) is 0 Å². The van der Waals surface area contributed by atoms with Crippen LogP contribution in [0.4, 0.5) is 0 Å². The molecule has 9 heteroatoms. The van der Waals surface area contributed by atoms with Crippen molar-refractivity contribution in [2.75, 3.05) is 6.54 Å². The van der Waals surface area contributed by atoms with Gasteiger partial charge in [-0.3, -0.25) is 9.78 Å². The van der Waals surface area contributed by atoms with Gasteiger partial charge in [-0.05, 0) is 13.3 Å². The molecule has 1 aromatic heterocycles. The highest BCUT2D eigenvalue weighted by molar-refractivity contribution is 7.89. The monoisotopic (exact) mass is 291 g/mol. The lowest BCUT2D eigenvalue weighted by atomic mass is 10.0. The third-order valence-electron chi connectivity index (χ3n) is 2.51. The summed E-state index contributed by atoms with van der Waals surface area (Å²) >= 11 is 0. The summed E-state index contributed by atoms with van der Waals surface area (Å²) in [5.41, 5.74) is -3.00. The molecule has 0 aliphatic heterocycles. The molecule has 0 saturated heterocycles. The molecule has 1 rings (SSSR count). The third kappa shape index (κ3) is 4.30. The fourth-order valence-corrected chi connectivity index (χ4v) is 2.72. The van der Waals surface area contributed by atoms with Crippen LogP contribution in [0.3, 0.4) is 0 Å². The SMILES string of the molecule is CCCC(C)(O)CNS(=O)(=O)c1c[nH]c(=O)[nH]c1=O. The summed E-state index contributed by atoms with van der Waals surface area (Å²) in [4.78, 5) is 25.5. The Morgan fingerprint density at radius 2 is 2.05 bits per heavy atom. The molecule has 1 heterocycles. The van der Waals surface area contributed by atoms with Gasteiger partial charge in [-0.25, -0.2) is 17.9 Å². The summed E-state index contributed by atoms with van der Waals surface area (Å²) in [5, 5.41) is 9.87. The molecule has 0 saturated carbocycles. The second-order valence-corrected chi connectivity index (χ2v) is 6.24. The van der Waals surface area contributed by atoms with Gasteiger partial charge < -0.3 is 10.1 Å². The number of aliphatic hydroxyl groups is 1. The average Bonchev–Trinajstić information content (AvgIpc) is 2.26. The summed E-state index contributed by atoms with van der Waals surface area (Å²) in [6.07, 6.45) is 1.92. The van der Waals surface area contributed by atoms with Crippen molar-refractivity contribution in [3.8, 4) is 0 Å². The number of sulfonamides is 1. The molecule has 4 N–H and O–H groups in total. The molecule has 0 radical (unpaired) electrons. The zero-order chi connectivity index (χ0) is 14.7. The molecular weight excluding hydrogens is 274 g/mol. The predicted octanol–water partition coefficient (Wildman–Crippen LogP) is -1.11. The summed E-state index contributed by atoms with van der Waals surface area (Å²) in [5.74, 6) is 0. The maximum absolute atomic E-state index is 11.9. The van der Waals surface area contributed by atoms with Gasteiger partial charge in [0.1, 0.15) is 0 Å². The molecule has 19 heavy (non-hydrogen) atoms. The van der Waals surface area contributed by atoms with Crippen molar-refractivity contribution in [2.24, 2.45) is 0 Å². The number of aromatic nitrogens is 2. The maximum Gasteiger partial charge on any atom is 0.325 e. The van der Waals surface area contributed by atoms with Crippen LogP contribution in [0, 0.1) is 0 Å². The van der Waals surface area contributed by atoms with Crippen molar-refractivity contribution >= 4 is 10.0 Å². The van der Waals surface area contributed by atoms with E-state index in [1.807, 2.05) is 11.9 Å².